The minimum atomic E-state index is -4.54. The summed E-state index contributed by atoms with van der Waals surface area (Å²) in [5.41, 5.74) is -2.54. The fourth-order valence-corrected chi connectivity index (χ4v) is 2.09. The van der Waals surface area contributed by atoms with Crippen molar-refractivity contribution in [2.75, 3.05) is 11.9 Å². The number of nitrogens with one attached hydrogen (secondary N) is 2. The average Bonchev–Trinajstić information content (AvgIpc) is 2.92. The van der Waals surface area contributed by atoms with Crippen LogP contribution in [-0.4, -0.2) is 44.1 Å². The van der Waals surface area contributed by atoms with E-state index in [4.69, 9.17) is 5.11 Å². The van der Waals surface area contributed by atoms with E-state index < -0.39 is 35.9 Å². The molecule has 2 rings (SSSR count). The van der Waals surface area contributed by atoms with E-state index in [0.29, 0.717) is 5.69 Å². The van der Waals surface area contributed by atoms with Crippen molar-refractivity contribution in [1.82, 2.24) is 15.1 Å². The Morgan fingerprint density at radius 3 is 2.52 bits per heavy atom. The van der Waals surface area contributed by atoms with Gasteiger partial charge < -0.3 is 15.5 Å². The van der Waals surface area contributed by atoms with Gasteiger partial charge in [0, 0.05) is 6.07 Å². The maximum Gasteiger partial charge on any atom is 0.416 e. The SMILES string of the molecule is Cc1cc(NC(=O)NCC(C)(O)C(=O)O)n(-c2cccc(C(F)(F)F)c2)n1. The zero-order valence-corrected chi connectivity index (χ0v) is 14.3. The number of aliphatic carboxylic acids is 1. The number of aromatic nitrogens is 2. The maximum atomic E-state index is 12.9. The van der Waals surface area contributed by atoms with Crippen molar-refractivity contribution in [2.24, 2.45) is 0 Å². The van der Waals surface area contributed by atoms with Crippen molar-refractivity contribution < 1.29 is 33.0 Å². The minimum absolute atomic E-state index is 0.0688. The third-order valence-corrected chi connectivity index (χ3v) is 3.55. The number of hydrogen-bond donors (Lipinski definition) is 4. The summed E-state index contributed by atoms with van der Waals surface area (Å²) in [4.78, 5) is 22.8. The molecule has 2 amide bonds. The molecular weight excluding hydrogens is 369 g/mol. The Bertz CT molecular complexity index is 862. The van der Waals surface area contributed by atoms with Crippen LogP contribution in [0.25, 0.3) is 5.69 Å². The van der Waals surface area contributed by atoms with Gasteiger partial charge in [-0.1, -0.05) is 6.07 Å². The number of amides is 2. The van der Waals surface area contributed by atoms with E-state index in [9.17, 15) is 27.9 Å². The molecule has 146 valence electrons. The highest BCUT2D eigenvalue weighted by molar-refractivity contribution is 5.89. The molecular formula is C16H17F3N4O4. The summed E-state index contributed by atoms with van der Waals surface area (Å²) in [5, 5.41) is 27.0. The van der Waals surface area contributed by atoms with Crippen LogP contribution in [0, 0.1) is 6.92 Å². The number of halogens is 3. The molecule has 2 aromatic rings. The van der Waals surface area contributed by atoms with Crippen molar-refractivity contribution in [2.45, 2.75) is 25.6 Å². The summed E-state index contributed by atoms with van der Waals surface area (Å²) < 4.78 is 39.8. The number of anilines is 1. The molecule has 1 heterocycles. The number of carboxylic acids is 1. The van der Waals surface area contributed by atoms with Crippen LogP contribution in [0.3, 0.4) is 0 Å². The van der Waals surface area contributed by atoms with E-state index in [-0.39, 0.29) is 11.5 Å². The molecule has 11 heteroatoms. The standard InChI is InChI=1S/C16H17F3N4O4/c1-9-6-12(21-14(26)20-8-15(2,27)13(24)25)23(22-9)11-5-3-4-10(7-11)16(17,18)19/h3-7,27H,8H2,1-2H3,(H,24,25)(H2,20,21,26). The third kappa shape index (κ3) is 4.97. The van der Waals surface area contributed by atoms with Crippen LogP contribution < -0.4 is 10.6 Å². The minimum Gasteiger partial charge on any atom is -0.479 e. The number of hydrogen-bond acceptors (Lipinski definition) is 4. The monoisotopic (exact) mass is 386 g/mol. The van der Waals surface area contributed by atoms with Crippen LogP contribution in [0.5, 0.6) is 0 Å². The van der Waals surface area contributed by atoms with Crippen molar-refractivity contribution in [1.29, 1.82) is 0 Å². The summed E-state index contributed by atoms with van der Waals surface area (Å²) >= 11 is 0. The van der Waals surface area contributed by atoms with Crippen LogP contribution in [0.1, 0.15) is 18.2 Å². The molecule has 27 heavy (non-hydrogen) atoms. The van der Waals surface area contributed by atoms with Gasteiger partial charge in [-0.15, -0.1) is 0 Å². The Kier molecular flexibility index (Phi) is 5.45. The van der Waals surface area contributed by atoms with Gasteiger partial charge in [0.05, 0.1) is 23.5 Å². The van der Waals surface area contributed by atoms with Gasteiger partial charge in [0.15, 0.2) is 5.60 Å². The summed E-state index contributed by atoms with van der Waals surface area (Å²) in [6.07, 6.45) is -4.54. The lowest BCUT2D eigenvalue weighted by molar-refractivity contribution is -0.155. The third-order valence-electron chi connectivity index (χ3n) is 3.55. The fourth-order valence-electron chi connectivity index (χ4n) is 2.09. The number of nitrogens with zero attached hydrogens (tertiary/aromatic N) is 2. The molecule has 0 aliphatic rings. The molecule has 1 aromatic carbocycles. The molecule has 4 N–H and O–H groups in total. The van der Waals surface area contributed by atoms with Gasteiger partial charge in [-0.2, -0.15) is 18.3 Å². The highest BCUT2D eigenvalue weighted by atomic mass is 19.4. The van der Waals surface area contributed by atoms with Crippen LogP contribution in [-0.2, 0) is 11.0 Å². The lowest BCUT2D eigenvalue weighted by Crippen LogP contribution is -2.47. The van der Waals surface area contributed by atoms with E-state index in [1.807, 2.05) is 0 Å². The zero-order chi connectivity index (χ0) is 20.4. The molecule has 0 saturated heterocycles. The number of carboxylic acid groups (broad SMARTS) is 1. The Morgan fingerprint density at radius 2 is 1.93 bits per heavy atom. The molecule has 1 unspecified atom stereocenters. The number of benzene rings is 1. The first-order chi connectivity index (χ1) is 12.4. The predicted octanol–water partition coefficient (Wildman–Crippen LogP) is 2.16. The number of aryl methyl sites for hydroxylation is 1. The first-order valence-corrected chi connectivity index (χ1v) is 7.65. The fraction of sp³-hybridized carbons (Fsp3) is 0.312. The van der Waals surface area contributed by atoms with Crippen LogP contribution in [0.2, 0.25) is 0 Å². The summed E-state index contributed by atoms with van der Waals surface area (Å²) in [6.45, 7) is 2.01. The Balaban J connectivity index is 2.21. The number of carbonyl (C=O) groups is 2. The molecule has 0 saturated carbocycles. The molecule has 8 nitrogen and oxygen atoms in total. The molecule has 0 bridgehead atoms. The van der Waals surface area contributed by atoms with Gasteiger partial charge >= 0.3 is 18.2 Å². The largest absolute Gasteiger partial charge is 0.479 e. The van der Waals surface area contributed by atoms with E-state index in [0.717, 1.165) is 23.7 Å². The van der Waals surface area contributed by atoms with Gasteiger partial charge in [0.25, 0.3) is 0 Å². The van der Waals surface area contributed by atoms with Gasteiger partial charge in [0.2, 0.25) is 0 Å². The zero-order valence-electron chi connectivity index (χ0n) is 14.3. The van der Waals surface area contributed by atoms with E-state index in [1.165, 1.54) is 18.2 Å². The van der Waals surface area contributed by atoms with Crippen molar-refractivity contribution >= 4 is 17.8 Å². The smallest absolute Gasteiger partial charge is 0.416 e. The number of alkyl halides is 3. The van der Waals surface area contributed by atoms with Crippen LogP contribution in [0.15, 0.2) is 30.3 Å². The number of aliphatic hydroxyl groups is 1. The van der Waals surface area contributed by atoms with Gasteiger partial charge in [0.1, 0.15) is 5.82 Å². The van der Waals surface area contributed by atoms with E-state index >= 15 is 0 Å². The average molecular weight is 386 g/mol. The second kappa shape index (κ2) is 7.27. The van der Waals surface area contributed by atoms with E-state index in [2.05, 4.69) is 15.7 Å². The molecule has 0 spiro atoms. The first-order valence-electron chi connectivity index (χ1n) is 7.65. The predicted molar refractivity (Wildman–Crippen MR) is 88.6 cm³/mol. The quantitative estimate of drug-likeness (QED) is 0.628. The molecule has 0 aliphatic carbocycles. The van der Waals surface area contributed by atoms with Gasteiger partial charge in [-0.25, -0.2) is 14.3 Å². The molecule has 0 radical (unpaired) electrons. The molecule has 1 aromatic heterocycles. The Morgan fingerprint density at radius 1 is 1.26 bits per heavy atom. The van der Waals surface area contributed by atoms with Gasteiger partial charge in [-0.3, -0.25) is 5.32 Å². The van der Waals surface area contributed by atoms with Crippen molar-refractivity contribution in [3.63, 3.8) is 0 Å². The second-order valence-corrected chi connectivity index (χ2v) is 6.02. The van der Waals surface area contributed by atoms with Crippen molar-refractivity contribution in [3.8, 4) is 5.69 Å². The maximum absolute atomic E-state index is 12.9. The Labute approximate surface area is 151 Å². The summed E-state index contributed by atoms with van der Waals surface area (Å²) in [6, 6.07) is 4.96. The number of urea groups is 1. The summed E-state index contributed by atoms with van der Waals surface area (Å²) in [5.74, 6) is -1.45. The van der Waals surface area contributed by atoms with Crippen molar-refractivity contribution in [3.05, 3.63) is 41.6 Å². The lowest BCUT2D eigenvalue weighted by Gasteiger charge is -2.18. The van der Waals surface area contributed by atoms with Crippen LogP contribution >= 0.6 is 0 Å². The van der Waals surface area contributed by atoms with Crippen LogP contribution in [0.4, 0.5) is 23.8 Å². The Hall–Kier alpha value is -3.08. The molecule has 0 aliphatic heterocycles. The highest BCUT2D eigenvalue weighted by Gasteiger charge is 2.31. The van der Waals surface area contributed by atoms with E-state index in [1.54, 1.807) is 6.92 Å². The topological polar surface area (TPSA) is 116 Å². The number of carbonyl (C=O) groups excluding carboxylic acids is 1. The first kappa shape index (κ1) is 20.2. The lowest BCUT2D eigenvalue weighted by atomic mass is 10.1. The van der Waals surface area contributed by atoms with Gasteiger partial charge in [-0.05, 0) is 32.0 Å². The second-order valence-electron chi connectivity index (χ2n) is 6.02. The number of rotatable bonds is 5. The summed E-state index contributed by atoms with van der Waals surface area (Å²) in [7, 11) is 0. The normalized spacial score (nSPS) is 13.7. The highest BCUT2D eigenvalue weighted by Crippen LogP contribution is 2.31. The molecule has 0 fully saturated rings. The molecule has 1 atom stereocenters.